The van der Waals surface area contributed by atoms with E-state index in [1.807, 2.05) is 60.8 Å². The van der Waals surface area contributed by atoms with Gasteiger partial charge < -0.3 is 15.0 Å². The molecule has 0 aliphatic carbocycles. The maximum atomic E-state index is 12.9. The Kier molecular flexibility index (Phi) is 7.66. The van der Waals surface area contributed by atoms with Crippen molar-refractivity contribution < 1.29 is 14.3 Å². The highest BCUT2D eigenvalue weighted by molar-refractivity contribution is 5.87. The van der Waals surface area contributed by atoms with E-state index in [0.717, 1.165) is 34.9 Å². The van der Waals surface area contributed by atoms with Gasteiger partial charge in [-0.15, -0.1) is 0 Å². The number of carbonyl (C=O) groups excluding carboxylic acids is 2. The van der Waals surface area contributed by atoms with E-state index in [1.54, 1.807) is 0 Å². The zero-order valence-electron chi connectivity index (χ0n) is 17.7. The lowest BCUT2D eigenvalue weighted by Crippen LogP contribution is -2.43. The largest absolute Gasteiger partial charge is 0.459 e. The maximum Gasteiger partial charge on any atom is 0.329 e. The van der Waals surface area contributed by atoms with Crippen molar-refractivity contribution in [3.05, 3.63) is 71.9 Å². The van der Waals surface area contributed by atoms with Gasteiger partial charge in [0.05, 0.1) is 0 Å². The number of nitrogens with one attached hydrogen (secondary N) is 2. The predicted octanol–water partition coefficient (Wildman–Crippen LogP) is 4.76. The summed E-state index contributed by atoms with van der Waals surface area (Å²) in [6, 6.07) is 16.8. The van der Waals surface area contributed by atoms with Crippen LogP contribution in [0, 0.1) is 5.92 Å². The van der Waals surface area contributed by atoms with E-state index in [9.17, 15) is 9.59 Å². The summed E-state index contributed by atoms with van der Waals surface area (Å²) in [5.74, 6) is -0.0503. The average Bonchev–Trinajstić information content (AvgIpc) is 3.19. The van der Waals surface area contributed by atoms with Gasteiger partial charge in [0.1, 0.15) is 12.6 Å². The van der Waals surface area contributed by atoms with Crippen molar-refractivity contribution in [2.24, 2.45) is 5.92 Å². The smallest absolute Gasteiger partial charge is 0.329 e. The molecule has 1 amide bonds. The van der Waals surface area contributed by atoms with Gasteiger partial charge in [0, 0.05) is 29.9 Å². The van der Waals surface area contributed by atoms with Gasteiger partial charge >= 0.3 is 5.97 Å². The molecule has 158 valence electrons. The molecule has 1 heterocycles. The molecule has 0 spiro atoms. The van der Waals surface area contributed by atoms with Crippen molar-refractivity contribution in [1.82, 2.24) is 10.3 Å². The number of benzene rings is 2. The Labute approximate surface area is 177 Å². The lowest BCUT2D eigenvalue weighted by molar-refractivity contribution is -0.149. The quantitative estimate of drug-likeness (QED) is 0.477. The second kappa shape index (κ2) is 10.6. The number of H-pyrrole nitrogens is 1. The molecule has 2 atom stereocenters. The Morgan fingerprint density at radius 3 is 2.57 bits per heavy atom. The van der Waals surface area contributed by atoms with Crippen LogP contribution in [0.5, 0.6) is 0 Å². The van der Waals surface area contributed by atoms with Crippen LogP contribution in [-0.2, 0) is 27.4 Å². The standard InChI is InChI=1S/C25H30N2O3/c1-3-18(2)13-14-24(28)27-23(25(29)30-17-19-9-5-4-6-10-19)15-20-16-26-22-12-8-7-11-21(20)22/h4-12,16,18,23,26H,3,13-15,17H2,1-2H3,(H,27,28)/t18-,23?/m0/s1. The molecule has 0 saturated carbocycles. The molecule has 0 saturated heterocycles. The summed E-state index contributed by atoms with van der Waals surface area (Å²) in [6.45, 7) is 4.43. The fourth-order valence-corrected chi connectivity index (χ4v) is 3.39. The number of hydrogen-bond acceptors (Lipinski definition) is 3. The third-order valence-corrected chi connectivity index (χ3v) is 5.50. The van der Waals surface area contributed by atoms with Crippen molar-refractivity contribution in [2.45, 2.75) is 52.2 Å². The van der Waals surface area contributed by atoms with Gasteiger partial charge in [0.25, 0.3) is 0 Å². The van der Waals surface area contributed by atoms with E-state index in [4.69, 9.17) is 4.74 Å². The summed E-state index contributed by atoms with van der Waals surface area (Å²) >= 11 is 0. The van der Waals surface area contributed by atoms with E-state index in [-0.39, 0.29) is 12.5 Å². The molecule has 30 heavy (non-hydrogen) atoms. The topological polar surface area (TPSA) is 71.2 Å². The molecular weight excluding hydrogens is 376 g/mol. The van der Waals surface area contributed by atoms with Gasteiger partial charge in [0.15, 0.2) is 0 Å². The zero-order valence-corrected chi connectivity index (χ0v) is 17.7. The number of rotatable bonds is 10. The Morgan fingerprint density at radius 2 is 1.80 bits per heavy atom. The first-order chi connectivity index (χ1) is 14.6. The predicted molar refractivity (Wildman–Crippen MR) is 119 cm³/mol. The Morgan fingerprint density at radius 1 is 1.07 bits per heavy atom. The highest BCUT2D eigenvalue weighted by atomic mass is 16.5. The van der Waals surface area contributed by atoms with Gasteiger partial charge in [-0.05, 0) is 29.5 Å². The van der Waals surface area contributed by atoms with Crippen LogP contribution >= 0.6 is 0 Å². The fourth-order valence-electron chi connectivity index (χ4n) is 3.39. The first-order valence-electron chi connectivity index (χ1n) is 10.6. The molecule has 5 heteroatoms. The van der Waals surface area contributed by atoms with Gasteiger partial charge in [0.2, 0.25) is 5.91 Å². The lowest BCUT2D eigenvalue weighted by Gasteiger charge is -2.18. The van der Waals surface area contributed by atoms with Crippen molar-refractivity contribution in [2.75, 3.05) is 0 Å². The van der Waals surface area contributed by atoms with E-state index in [0.29, 0.717) is 18.8 Å². The average molecular weight is 407 g/mol. The fraction of sp³-hybridized carbons (Fsp3) is 0.360. The normalized spacial score (nSPS) is 13.0. The maximum absolute atomic E-state index is 12.9. The van der Waals surface area contributed by atoms with Crippen molar-refractivity contribution in [3.8, 4) is 0 Å². The molecule has 0 aliphatic rings. The second-order valence-electron chi connectivity index (χ2n) is 7.83. The van der Waals surface area contributed by atoms with Crippen LogP contribution < -0.4 is 5.32 Å². The van der Waals surface area contributed by atoms with Crippen LogP contribution in [-0.4, -0.2) is 22.9 Å². The number of para-hydroxylation sites is 1. The minimum absolute atomic E-state index is 0.114. The highest BCUT2D eigenvalue weighted by Crippen LogP contribution is 2.20. The molecule has 5 nitrogen and oxygen atoms in total. The number of aromatic nitrogens is 1. The number of carbonyl (C=O) groups is 2. The Hall–Kier alpha value is -3.08. The van der Waals surface area contributed by atoms with Crippen LogP contribution in [0.4, 0.5) is 0 Å². The van der Waals surface area contributed by atoms with E-state index in [1.165, 1.54) is 0 Å². The third kappa shape index (κ3) is 5.96. The Bertz CT molecular complexity index is 965. The number of esters is 1. The number of fused-ring (bicyclic) bond motifs is 1. The summed E-state index contributed by atoms with van der Waals surface area (Å²) < 4.78 is 5.53. The van der Waals surface area contributed by atoms with E-state index < -0.39 is 12.0 Å². The minimum Gasteiger partial charge on any atom is -0.459 e. The molecule has 0 radical (unpaired) electrons. The SMILES string of the molecule is CC[C@H](C)CCC(=O)NC(Cc1c[nH]c2ccccc12)C(=O)OCc1ccccc1. The van der Waals surface area contributed by atoms with Crippen molar-refractivity contribution >= 4 is 22.8 Å². The molecule has 0 bridgehead atoms. The number of aromatic amines is 1. The molecule has 0 aliphatic heterocycles. The highest BCUT2D eigenvalue weighted by Gasteiger charge is 2.24. The summed E-state index contributed by atoms with van der Waals surface area (Å²) in [4.78, 5) is 28.6. The van der Waals surface area contributed by atoms with Crippen LogP contribution in [0.1, 0.15) is 44.2 Å². The molecule has 2 N–H and O–H groups in total. The minimum atomic E-state index is -0.725. The first kappa shape index (κ1) is 21.6. The van der Waals surface area contributed by atoms with E-state index in [2.05, 4.69) is 24.1 Å². The van der Waals surface area contributed by atoms with Gasteiger partial charge in [-0.2, -0.15) is 0 Å². The molecule has 0 fully saturated rings. The van der Waals surface area contributed by atoms with Gasteiger partial charge in [-0.3, -0.25) is 4.79 Å². The Balaban J connectivity index is 1.70. The number of ether oxygens (including phenoxy) is 1. The lowest BCUT2D eigenvalue weighted by atomic mass is 10.0. The monoisotopic (exact) mass is 406 g/mol. The summed E-state index contributed by atoms with van der Waals surface area (Å²) in [5.41, 5.74) is 2.90. The zero-order chi connectivity index (χ0) is 21.3. The molecule has 3 rings (SSSR count). The molecule has 1 aromatic heterocycles. The van der Waals surface area contributed by atoms with Gasteiger partial charge in [-0.25, -0.2) is 4.79 Å². The summed E-state index contributed by atoms with van der Waals surface area (Å²) in [5, 5.41) is 3.96. The molecule has 3 aromatic rings. The van der Waals surface area contributed by atoms with Crippen molar-refractivity contribution in [1.29, 1.82) is 0 Å². The van der Waals surface area contributed by atoms with Crippen LogP contribution in [0.25, 0.3) is 10.9 Å². The third-order valence-electron chi connectivity index (χ3n) is 5.50. The van der Waals surface area contributed by atoms with Crippen molar-refractivity contribution in [3.63, 3.8) is 0 Å². The van der Waals surface area contributed by atoms with E-state index >= 15 is 0 Å². The second-order valence-corrected chi connectivity index (χ2v) is 7.83. The molecular formula is C25H30N2O3. The van der Waals surface area contributed by atoms with Crippen LogP contribution in [0.3, 0.4) is 0 Å². The van der Waals surface area contributed by atoms with Crippen LogP contribution in [0.2, 0.25) is 0 Å². The number of amides is 1. The summed E-state index contributed by atoms with van der Waals surface area (Å²) in [7, 11) is 0. The first-order valence-corrected chi connectivity index (χ1v) is 10.6. The summed E-state index contributed by atoms with van der Waals surface area (Å²) in [6.07, 6.45) is 4.53. The van der Waals surface area contributed by atoms with Crippen LogP contribution in [0.15, 0.2) is 60.8 Å². The molecule has 1 unspecified atom stereocenters. The number of hydrogen-bond donors (Lipinski definition) is 2. The molecule has 2 aromatic carbocycles. The van der Waals surface area contributed by atoms with Gasteiger partial charge in [-0.1, -0.05) is 68.8 Å².